The maximum atomic E-state index is 11.7. The molecule has 0 aliphatic carbocycles. The first kappa shape index (κ1) is 15.0. The molecule has 1 amide bonds. The molecule has 0 radical (unpaired) electrons. The van der Waals surface area contributed by atoms with Crippen LogP contribution in [0.1, 0.15) is 6.92 Å². The van der Waals surface area contributed by atoms with E-state index >= 15 is 0 Å². The number of hydrogen-bond donors (Lipinski definition) is 2. The molecule has 1 atom stereocenters. The summed E-state index contributed by atoms with van der Waals surface area (Å²) < 4.78 is 0. The molecule has 4 nitrogen and oxygen atoms in total. The zero-order chi connectivity index (χ0) is 13.5. The Morgan fingerprint density at radius 3 is 2.67 bits per heavy atom. The summed E-state index contributed by atoms with van der Waals surface area (Å²) in [6, 6.07) is 7.58. The molecule has 0 spiro atoms. The summed E-state index contributed by atoms with van der Waals surface area (Å²) in [6.07, 6.45) is 0. The van der Waals surface area contributed by atoms with E-state index < -0.39 is 0 Å². The molecule has 18 heavy (non-hydrogen) atoms. The Bertz CT molecular complexity index is 396. The fraction of sp³-hybridized carbons (Fsp3) is 0.462. The quantitative estimate of drug-likeness (QED) is 0.828. The van der Waals surface area contributed by atoms with Crippen molar-refractivity contribution < 1.29 is 4.79 Å². The van der Waals surface area contributed by atoms with E-state index in [9.17, 15) is 4.79 Å². The van der Waals surface area contributed by atoms with E-state index in [4.69, 9.17) is 11.6 Å². The molecule has 0 saturated heterocycles. The average molecular weight is 270 g/mol. The second-order valence-electron chi connectivity index (χ2n) is 4.47. The Morgan fingerprint density at radius 2 is 2.06 bits per heavy atom. The highest BCUT2D eigenvalue weighted by atomic mass is 35.5. The number of nitrogens with zero attached hydrogens (tertiary/aromatic N) is 1. The predicted molar refractivity (Wildman–Crippen MR) is 76.1 cm³/mol. The van der Waals surface area contributed by atoms with Gasteiger partial charge in [-0.05, 0) is 33.2 Å². The number of halogens is 1. The fourth-order valence-electron chi connectivity index (χ4n) is 1.33. The number of nitrogens with one attached hydrogen (secondary N) is 2. The first-order valence-corrected chi connectivity index (χ1v) is 6.30. The maximum absolute atomic E-state index is 11.7. The molecule has 1 aromatic carbocycles. The highest BCUT2D eigenvalue weighted by Gasteiger charge is 2.07. The summed E-state index contributed by atoms with van der Waals surface area (Å²) in [6.45, 7) is 3.14. The van der Waals surface area contributed by atoms with Gasteiger partial charge in [0.2, 0.25) is 5.91 Å². The molecule has 0 fully saturated rings. The predicted octanol–water partition coefficient (Wildman–Crippen LogP) is 1.82. The second kappa shape index (κ2) is 7.36. The summed E-state index contributed by atoms with van der Waals surface area (Å²) in [4.78, 5) is 13.8. The number of hydrogen-bond acceptors (Lipinski definition) is 3. The van der Waals surface area contributed by atoms with Crippen LogP contribution in [0, 0.1) is 0 Å². The largest absolute Gasteiger partial charge is 0.324 e. The molecule has 1 unspecified atom stereocenters. The molecule has 1 rings (SSSR count). The van der Waals surface area contributed by atoms with Gasteiger partial charge in [0.05, 0.1) is 17.3 Å². The Morgan fingerprint density at radius 1 is 1.39 bits per heavy atom. The molecule has 0 aromatic heterocycles. The van der Waals surface area contributed by atoms with Crippen LogP contribution in [-0.4, -0.2) is 44.0 Å². The van der Waals surface area contributed by atoms with Crippen LogP contribution in [0.25, 0.3) is 0 Å². The van der Waals surface area contributed by atoms with Crippen molar-refractivity contribution in [1.29, 1.82) is 0 Å². The van der Waals surface area contributed by atoms with Gasteiger partial charge in [0.15, 0.2) is 0 Å². The minimum Gasteiger partial charge on any atom is -0.324 e. The number of carbonyl (C=O) groups is 1. The molecule has 5 heteroatoms. The number of rotatable bonds is 6. The average Bonchev–Trinajstić information content (AvgIpc) is 2.32. The van der Waals surface area contributed by atoms with Crippen LogP contribution in [-0.2, 0) is 4.79 Å². The lowest BCUT2D eigenvalue weighted by Crippen LogP contribution is -2.38. The topological polar surface area (TPSA) is 44.4 Å². The van der Waals surface area contributed by atoms with Crippen molar-refractivity contribution in [2.45, 2.75) is 13.0 Å². The van der Waals surface area contributed by atoms with Gasteiger partial charge in [0.1, 0.15) is 0 Å². The van der Waals surface area contributed by atoms with Crippen LogP contribution >= 0.6 is 11.6 Å². The highest BCUT2D eigenvalue weighted by molar-refractivity contribution is 6.33. The molecule has 1 aromatic rings. The second-order valence-corrected chi connectivity index (χ2v) is 4.88. The van der Waals surface area contributed by atoms with Gasteiger partial charge in [-0.15, -0.1) is 0 Å². The summed E-state index contributed by atoms with van der Waals surface area (Å²) >= 11 is 5.95. The van der Waals surface area contributed by atoms with Crippen molar-refractivity contribution in [3.05, 3.63) is 29.3 Å². The van der Waals surface area contributed by atoms with Gasteiger partial charge < -0.3 is 15.5 Å². The molecule has 100 valence electrons. The molecule has 0 heterocycles. The third-order valence-electron chi connectivity index (χ3n) is 2.75. The first-order valence-electron chi connectivity index (χ1n) is 5.92. The summed E-state index contributed by atoms with van der Waals surface area (Å²) in [7, 11) is 4.02. The van der Waals surface area contributed by atoms with Crippen LogP contribution in [0.5, 0.6) is 0 Å². The van der Waals surface area contributed by atoms with E-state index in [0.717, 1.165) is 6.54 Å². The van der Waals surface area contributed by atoms with E-state index in [0.29, 0.717) is 16.8 Å². The standard InChI is InChI=1S/C13H20ClN3O/c1-10(17(2)3)8-15-9-13(18)16-12-7-5-4-6-11(12)14/h4-7,10,15H,8-9H2,1-3H3,(H,16,18). The molecule has 0 bridgehead atoms. The number of anilines is 1. The van der Waals surface area contributed by atoms with Gasteiger partial charge in [-0.1, -0.05) is 23.7 Å². The van der Waals surface area contributed by atoms with E-state index in [1.54, 1.807) is 12.1 Å². The summed E-state index contributed by atoms with van der Waals surface area (Å²) in [5.74, 6) is -0.0888. The van der Waals surface area contributed by atoms with Crippen LogP contribution in [0.2, 0.25) is 5.02 Å². The molecule has 0 aliphatic rings. The zero-order valence-electron chi connectivity index (χ0n) is 11.0. The Hall–Kier alpha value is -1.10. The van der Waals surface area contributed by atoms with Crippen molar-refractivity contribution >= 4 is 23.2 Å². The van der Waals surface area contributed by atoms with Gasteiger partial charge in [0, 0.05) is 12.6 Å². The summed E-state index contributed by atoms with van der Waals surface area (Å²) in [5.41, 5.74) is 0.645. The molecule has 0 aliphatic heterocycles. The van der Waals surface area contributed by atoms with Crippen LogP contribution in [0.3, 0.4) is 0 Å². The van der Waals surface area contributed by atoms with Crippen molar-refractivity contribution in [2.75, 3.05) is 32.5 Å². The van der Waals surface area contributed by atoms with Crippen molar-refractivity contribution in [1.82, 2.24) is 10.2 Å². The summed E-state index contributed by atoms with van der Waals surface area (Å²) in [5, 5.41) is 6.42. The Balaban J connectivity index is 2.33. The van der Waals surface area contributed by atoms with Gasteiger partial charge in [0.25, 0.3) is 0 Å². The van der Waals surface area contributed by atoms with Crippen LogP contribution in [0.4, 0.5) is 5.69 Å². The van der Waals surface area contributed by atoms with E-state index in [-0.39, 0.29) is 12.5 Å². The lowest BCUT2D eigenvalue weighted by atomic mass is 10.3. The fourth-order valence-corrected chi connectivity index (χ4v) is 1.52. The van der Waals surface area contributed by atoms with E-state index in [1.165, 1.54) is 0 Å². The third kappa shape index (κ3) is 5.04. The van der Waals surface area contributed by atoms with E-state index in [1.807, 2.05) is 26.2 Å². The normalized spacial score (nSPS) is 12.5. The SMILES string of the molecule is CC(CNCC(=O)Nc1ccccc1Cl)N(C)C. The minimum atomic E-state index is -0.0888. The molecular formula is C13H20ClN3O. The van der Waals surface area contributed by atoms with Gasteiger partial charge in [-0.3, -0.25) is 4.79 Å². The zero-order valence-corrected chi connectivity index (χ0v) is 11.8. The van der Waals surface area contributed by atoms with Crippen molar-refractivity contribution in [3.63, 3.8) is 0 Å². The van der Waals surface area contributed by atoms with E-state index in [2.05, 4.69) is 22.5 Å². The van der Waals surface area contributed by atoms with Crippen LogP contribution in [0.15, 0.2) is 24.3 Å². The van der Waals surface area contributed by atoms with Crippen molar-refractivity contribution in [3.8, 4) is 0 Å². The first-order chi connectivity index (χ1) is 8.50. The number of likely N-dealkylation sites (N-methyl/N-ethyl adjacent to an activating group) is 1. The number of para-hydroxylation sites is 1. The Kier molecular flexibility index (Phi) is 6.12. The van der Waals surface area contributed by atoms with Gasteiger partial charge in [-0.25, -0.2) is 0 Å². The minimum absolute atomic E-state index is 0.0888. The molecule has 2 N–H and O–H groups in total. The number of benzene rings is 1. The monoisotopic (exact) mass is 269 g/mol. The van der Waals surface area contributed by atoms with Gasteiger partial charge in [-0.2, -0.15) is 0 Å². The molecule has 0 saturated carbocycles. The Labute approximate surface area is 113 Å². The lowest BCUT2D eigenvalue weighted by Gasteiger charge is -2.19. The van der Waals surface area contributed by atoms with Crippen molar-refractivity contribution in [2.24, 2.45) is 0 Å². The third-order valence-corrected chi connectivity index (χ3v) is 3.08. The smallest absolute Gasteiger partial charge is 0.238 e. The number of carbonyl (C=O) groups excluding carboxylic acids is 1. The molecular weight excluding hydrogens is 250 g/mol. The highest BCUT2D eigenvalue weighted by Crippen LogP contribution is 2.19. The number of amides is 1. The lowest BCUT2D eigenvalue weighted by molar-refractivity contribution is -0.115. The van der Waals surface area contributed by atoms with Crippen LogP contribution < -0.4 is 10.6 Å². The van der Waals surface area contributed by atoms with Gasteiger partial charge >= 0.3 is 0 Å². The maximum Gasteiger partial charge on any atom is 0.238 e.